The van der Waals surface area contributed by atoms with Gasteiger partial charge in [0.15, 0.2) is 0 Å². The van der Waals surface area contributed by atoms with Crippen LogP contribution in [0.4, 0.5) is 5.69 Å². The smallest absolute Gasteiger partial charge is 0.365 e. The van der Waals surface area contributed by atoms with Gasteiger partial charge in [0.25, 0.3) is 0 Å². The topological polar surface area (TPSA) is 86.0 Å². The number of halogens is 1. The Morgan fingerprint density at radius 1 is 1.58 bits per heavy atom. The summed E-state index contributed by atoms with van der Waals surface area (Å²) < 4.78 is 0. The van der Waals surface area contributed by atoms with E-state index in [4.69, 9.17) is 22.0 Å². The van der Waals surface area contributed by atoms with E-state index in [2.05, 4.69) is 10.3 Å². The maximum absolute atomic E-state index is 10.7. The number of hydrogen-bond acceptors (Lipinski definition) is 5. The second-order valence-electron chi connectivity index (χ2n) is 3.61. The van der Waals surface area contributed by atoms with Crippen LogP contribution in [-0.4, -0.2) is 16.1 Å². The van der Waals surface area contributed by atoms with Gasteiger partial charge in [0.05, 0.1) is 34.6 Å². The van der Waals surface area contributed by atoms with Crippen molar-refractivity contribution in [1.29, 1.82) is 5.26 Å². The van der Waals surface area contributed by atoms with Crippen molar-refractivity contribution in [3.05, 3.63) is 44.9 Å². The monoisotopic (exact) mass is 293 g/mol. The molecule has 1 aromatic carbocycles. The van der Waals surface area contributed by atoms with Crippen LogP contribution in [0.5, 0.6) is 0 Å². The summed E-state index contributed by atoms with van der Waals surface area (Å²) in [6.45, 7) is 0.346. The van der Waals surface area contributed by atoms with Crippen LogP contribution in [0.3, 0.4) is 0 Å². The van der Waals surface area contributed by atoms with E-state index in [1.807, 2.05) is 6.07 Å². The summed E-state index contributed by atoms with van der Waals surface area (Å²) in [7, 11) is 0. The summed E-state index contributed by atoms with van der Waals surface area (Å²) in [5.41, 5.74) is 1.72. The van der Waals surface area contributed by atoms with E-state index in [-0.39, 0.29) is 5.01 Å². The van der Waals surface area contributed by atoms with Crippen molar-refractivity contribution in [2.24, 2.45) is 0 Å². The van der Waals surface area contributed by atoms with Crippen molar-refractivity contribution in [1.82, 2.24) is 4.98 Å². The number of aromatic carboxylic acids is 1. The Labute approximate surface area is 118 Å². The van der Waals surface area contributed by atoms with Gasteiger partial charge in [0.1, 0.15) is 0 Å². The zero-order valence-electron chi connectivity index (χ0n) is 9.55. The minimum Gasteiger partial charge on any atom is -0.476 e. The lowest BCUT2D eigenvalue weighted by molar-refractivity contribution is 0.0696. The van der Waals surface area contributed by atoms with Gasteiger partial charge in [-0.3, -0.25) is 0 Å². The molecule has 0 saturated heterocycles. The molecule has 0 radical (unpaired) electrons. The Morgan fingerprint density at radius 3 is 3.00 bits per heavy atom. The van der Waals surface area contributed by atoms with Gasteiger partial charge in [-0.05, 0) is 18.2 Å². The van der Waals surface area contributed by atoms with Gasteiger partial charge in [0.2, 0.25) is 5.01 Å². The lowest BCUT2D eigenvalue weighted by Crippen LogP contribution is -2.02. The Morgan fingerprint density at radius 2 is 2.37 bits per heavy atom. The highest BCUT2D eigenvalue weighted by molar-refractivity contribution is 7.11. The molecule has 0 spiro atoms. The summed E-state index contributed by atoms with van der Waals surface area (Å²) in [6, 6.07) is 6.91. The molecule has 0 aliphatic carbocycles. The van der Waals surface area contributed by atoms with Gasteiger partial charge in [0, 0.05) is 5.38 Å². The second kappa shape index (κ2) is 5.69. The molecule has 96 valence electrons. The van der Waals surface area contributed by atoms with E-state index in [0.717, 1.165) is 11.3 Å². The molecule has 2 N–H and O–H groups in total. The first-order valence-corrected chi connectivity index (χ1v) is 6.47. The van der Waals surface area contributed by atoms with Crippen molar-refractivity contribution < 1.29 is 9.90 Å². The summed E-state index contributed by atoms with van der Waals surface area (Å²) in [5, 5.41) is 22.8. The molecular weight excluding hydrogens is 286 g/mol. The number of aromatic nitrogens is 1. The molecular formula is C12H8ClN3O2S. The number of thiazole rings is 1. The normalized spacial score (nSPS) is 9.89. The van der Waals surface area contributed by atoms with Crippen LogP contribution in [0.2, 0.25) is 5.02 Å². The van der Waals surface area contributed by atoms with E-state index < -0.39 is 5.97 Å². The first-order valence-electron chi connectivity index (χ1n) is 5.21. The first-order chi connectivity index (χ1) is 9.10. The molecule has 5 nitrogen and oxygen atoms in total. The Bertz CT molecular complexity index is 663. The minimum atomic E-state index is -1.04. The molecule has 0 bridgehead atoms. The van der Waals surface area contributed by atoms with Crippen molar-refractivity contribution >= 4 is 34.6 Å². The highest BCUT2D eigenvalue weighted by atomic mass is 35.5. The fourth-order valence-corrected chi connectivity index (χ4v) is 2.24. The predicted molar refractivity (Wildman–Crippen MR) is 72.6 cm³/mol. The van der Waals surface area contributed by atoms with Gasteiger partial charge >= 0.3 is 5.97 Å². The zero-order chi connectivity index (χ0) is 13.8. The van der Waals surface area contributed by atoms with Crippen LogP contribution in [0.1, 0.15) is 21.1 Å². The van der Waals surface area contributed by atoms with Crippen molar-refractivity contribution in [3.8, 4) is 6.07 Å². The quantitative estimate of drug-likeness (QED) is 0.905. The second-order valence-corrected chi connectivity index (χ2v) is 4.87. The SMILES string of the molecule is N#Cc1ccc(Cl)c(NCc2csc(C(=O)O)n2)c1. The number of benzene rings is 1. The maximum Gasteiger partial charge on any atom is 0.365 e. The molecule has 2 aromatic rings. The summed E-state index contributed by atoms with van der Waals surface area (Å²) in [5.74, 6) is -1.04. The van der Waals surface area contributed by atoms with Crippen LogP contribution in [0, 0.1) is 11.3 Å². The van der Waals surface area contributed by atoms with E-state index in [1.54, 1.807) is 23.6 Å². The summed E-state index contributed by atoms with van der Waals surface area (Å²) in [6.07, 6.45) is 0. The Balaban J connectivity index is 2.09. The van der Waals surface area contributed by atoms with Gasteiger partial charge in [-0.1, -0.05) is 11.6 Å². The number of anilines is 1. The van der Waals surface area contributed by atoms with E-state index in [0.29, 0.717) is 28.5 Å². The number of rotatable bonds is 4. The van der Waals surface area contributed by atoms with Crippen LogP contribution >= 0.6 is 22.9 Å². The van der Waals surface area contributed by atoms with Crippen molar-refractivity contribution in [3.63, 3.8) is 0 Å². The Kier molecular flexibility index (Phi) is 4.00. The van der Waals surface area contributed by atoms with Crippen LogP contribution < -0.4 is 5.32 Å². The fourth-order valence-electron chi connectivity index (χ4n) is 1.40. The number of carbonyl (C=O) groups is 1. The largest absolute Gasteiger partial charge is 0.476 e. The first kappa shape index (κ1) is 13.3. The molecule has 0 unspecified atom stereocenters. The van der Waals surface area contributed by atoms with Crippen LogP contribution in [0.15, 0.2) is 23.6 Å². The molecule has 0 atom stereocenters. The predicted octanol–water partition coefficient (Wildman–Crippen LogP) is 2.98. The van der Waals surface area contributed by atoms with Crippen LogP contribution in [-0.2, 0) is 6.54 Å². The molecule has 7 heteroatoms. The standard InChI is InChI=1S/C12H8ClN3O2S/c13-9-2-1-7(4-14)3-10(9)15-5-8-6-19-11(16-8)12(17)18/h1-3,6,15H,5H2,(H,17,18). The van der Waals surface area contributed by atoms with Crippen molar-refractivity contribution in [2.75, 3.05) is 5.32 Å². The number of carboxylic acid groups (broad SMARTS) is 1. The molecule has 1 aromatic heterocycles. The van der Waals surface area contributed by atoms with Gasteiger partial charge in [-0.2, -0.15) is 5.26 Å². The van der Waals surface area contributed by atoms with E-state index >= 15 is 0 Å². The third-order valence-electron chi connectivity index (χ3n) is 2.29. The number of nitriles is 1. The molecule has 0 aliphatic rings. The third-order valence-corrected chi connectivity index (χ3v) is 3.50. The zero-order valence-corrected chi connectivity index (χ0v) is 11.1. The number of nitrogens with zero attached hydrogens (tertiary/aromatic N) is 2. The van der Waals surface area contributed by atoms with E-state index in [1.165, 1.54) is 0 Å². The number of nitrogens with one attached hydrogen (secondary N) is 1. The molecule has 2 rings (SSSR count). The highest BCUT2D eigenvalue weighted by Gasteiger charge is 2.09. The molecule has 19 heavy (non-hydrogen) atoms. The minimum absolute atomic E-state index is 0.0497. The van der Waals surface area contributed by atoms with Crippen molar-refractivity contribution in [2.45, 2.75) is 6.54 Å². The van der Waals surface area contributed by atoms with Gasteiger partial charge in [-0.25, -0.2) is 9.78 Å². The lowest BCUT2D eigenvalue weighted by Gasteiger charge is -2.06. The fraction of sp³-hybridized carbons (Fsp3) is 0.0833. The highest BCUT2D eigenvalue weighted by Crippen LogP contribution is 2.23. The summed E-state index contributed by atoms with van der Waals surface area (Å²) in [4.78, 5) is 14.6. The van der Waals surface area contributed by atoms with Crippen LogP contribution in [0.25, 0.3) is 0 Å². The molecule has 0 aliphatic heterocycles. The van der Waals surface area contributed by atoms with Gasteiger partial charge < -0.3 is 10.4 Å². The number of carboxylic acids is 1. The summed E-state index contributed by atoms with van der Waals surface area (Å²) >= 11 is 7.06. The molecule has 1 heterocycles. The average Bonchev–Trinajstić information content (AvgIpc) is 2.87. The Hall–Kier alpha value is -2.10. The number of hydrogen-bond donors (Lipinski definition) is 2. The maximum atomic E-state index is 10.7. The molecule has 0 fully saturated rings. The third kappa shape index (κ3) is 3.22. The lowest BCUT2D eigenvalue weighted by atomic mass is 10.2. The molecule has 0 amide bonds. The molecule has 0 saturated carbocycles. The average molecular weight is 294 g/mol. The van der Waals surface area contributed by atoms with Gasteiger partial charge in [-0.15, -0.1) is 11.3 Å². The van der Waals surface area contributed by atoms with E-state index in [9.17, 15) is 4.79 Å².